The first kappa shape index (κ1) is 21.8. The Morgan fingerprint density at radius 3 is 2.81 bits per heavy atom. The quantitative estimate of drug-likeness (QED) is 0.503. The summed E-state index contributed by atoms with van der Waals surface area (Å²) in [5.74, 6) is 0.169. The van der Waals surface area contributed by atoms with Gasteiger partial charge < -0.3 is 15.4 Å². The van der Waals surface area contributed by atoms with Gasteiger partial charge in [-0.25, -0.2) is 18.7 Å². The molecule has 0 aromatic carbocycles. The number of amides is 1. The van der Waals surface area contributed by atoms with E-state index in [0.717, 1.165) is 10.6 Å². The van der Waals surface area contributed by atoms with Crippen molar-refractivity contribution in [2.45, 2.75) is 57.1 Å². The summed E-state index contributed by atoms with van der Waals surface area (Å²) < 4.78 is 59.5. The number of halogens is 4. The fourth-order valence-electron chi connectivity index (χ4n) is 3.62. The van der Waals surface area contributed by atoms with Gasteiger partial charge in [-0.05, 0) is 26.7 Å². The van der Waals surface area contributed by atoms with Crippen LogP contribution < -0.4 is 10.6 Å². The minimum Gasteiger partial charge on any atom is -0.443 e. The van der Waals surface area contributed by atoms with Crippen LogP contribution in [0, 0.1) is 0 Å². The van der Waals surface area contributed by atoms with Gasteiger partial charge >= 0.3 is 12.3 Å². The molecule has 0 radical (unpaired) electrons. The average molecular weight is 455 g/mol. The number of aromatic nitrogens is 5. The van der Waals surface area contributed by atoms with Crippen LogP contribution in [0.15, 0.2) is 24.5 Å². The molecule has 13 heteroatoms. The monoisotopic (exact) mass is 455 g/mol. The molecule has 0 spiro atoms. The van der Waals surface area contributed by atoms with Crippen LogP contribution in [0.25, 0.3) is 5.52 Å². The highest BCUT2D eigenvalue weighted by Gasteiger charge is 2.39. The van der Waals surface area contributed by atoms with E-state index in [1.807, 2.05) is 0 Å². The number of nitrogens with zero attached hydrogens (tertiary/aromatic N) is 4. The Morgan fingerprint density at radius 1 is 1.31 bits per heavy atom. The van der Waals surface area contributed by atoms with Crippen LogP contribution in [-0.4, -0.2) is 49.2 Å². The highest BCUT2D eigenvalue weighted by atomic mass is 19.4. The number of carbonyl (C=O) groups excluding carboxylic acids is 1. The molecule has 1 fully saturated rings. The van der Waals surface area contributed by atoms with E-state index in [0.29, 0.717) is 11.5 Å². The van der Waals surface area contributed by atoms with Crippen molar-refractivity contribution in [3.8, 4) is 0 Å². The molecule has 172 valence electrons. The number of ether oxygens (including phenoxy) is 1. The minimum absolute atomic E-state index is 0.124. The van der Waals surface area contributed by atoms with Gasteiger partial charge in [0.2, 0.25) is 0 Å². The predicted octanol–water partition coefficient (Wildman–Crippen LogP) is 3.93. The van der Waals surface area contributed by atoms with Crippen molar-refractivity contribution in [1.29, 1.82) is 0 Å². The lowest BCUT2D eigenvalue weighted by Gasteiger charge is -2.16. The Bertz CT molecular complexity index is 1110. The molecular formula is C19H21F4N7O2. The molecule has 3 N–H and O–H groups in total. The zero-order valence-corrected chi connectivity index (χ0v) is 17.2. The third-order valence-electron chi connectivity index (χ3n) is 5.06. The van der Waals surface area contributed by atoms with Gasteiger partial charge in [0.25, 0.3) is 0 Å². The number of rotatable bonds is 5. The molecule has 9 nitrogen and oxygen atoms in total. The number of alkyl halides is 4. The number of anilines is 2. The first-order valence-electron chi connectivity index (χ1n) is 9.95. The van der Waals surface area contributed by atoms with E-state index in [2.05, 4.69) is 30.9 Å². The lowest BCUT2D eigenvalue weighted by Crippen LogP contribution is -2.35. The van der Waals surface area contributed by atoms with Crippen LogP contribution >= 0.6 is 0 Å². The Labute approximate surface area is 179 Å². The number of nitrogens with one attached hydrogen (secondary N) is 3. The highest BCUT2D eigenvalue weighted by molar-refractivity contribution is 5.72. The number of H-pyrrole nitrogens is 1. The summed E-state index contributed by atoms with van der Waals surface area (Å²) in [5, 5.41) is 15.8. The van der Waals surface area contributed by atoms with Crippen molar-refractivity contribution in [3.63, 3.8) is 0 Å². The Hall–Kier alpha value is -3.38. The Morgan fingerprint density at radius 2 is 2.09 bits per heavy atom. The van der Waals surface area contributed by atoms with Crippen LogP contribution in [0.4, 0.5) is 34.0 Å². The summed E-state index contributed by atoms with van der Waals surface area (Å²) in [6.07, 6.45) is -4.40. The topological polar surface area (TPSA) is 109 Å². The molecule has 4 rings (SSSR count). The average Bonchev–Trinajstić information content (AvgIpc) is 3.40. The molecule has 1 amide bonds. The zero-order valence-electron chi connectivity index (χ0n) is 17.2. The first-order chi connectivity index (χ1) is 15.1. The van der Waals surface area contributed by atoms with E-state index < -0.39 is 30.2 Å². The molecule has 0 bridgehead atoms. The standard InChI is InChI=1S/C19H21F4N7O2/c1-9(2)25-18(31)32-14-6-10(5-11(14)20)12-7-16(28-27-12)26-17-13-8-15(19(21,22)23)29-30(13)4-3-24-17/h3-4,7-11,14H,5-6H2,1-2H3,(H,25,31)(H2,24,26,27,28)/t10-,11+,14-/m0/s1. The molecule has 1 aliphatic rings. The van der Waals surface area contributed by atoms with Crippen molar-refractivity contribution in [2.24, 2.45) is 0 Å². The summed E-state index contributed by atoms with van der Waals surface area (Å²) in [6, 6.07) is 2.39. The molecular weight excluding hydrogens is 434 g/mol. The lowest BCUT2D eigenvalue weighted by atomic mass is 10.0. The molecule has 0 aliphatic heterocycles. The third kappa shape index (κ3) is 4.60. The summed E-state index contributed by atoms with van der Waals surface area (Å²) in [5.41, 5.74) is -0.301. The molecule has 3 atom stereocenters. The SMILES string of the molecule is CC(C)NC(=O)O[C@H]1C[C@@H](c2cc(Nc3nccn4nc(C(F)(F)F)cc34)n[nH]2)C[C@H]1F. The number of carbonyl (C=O) groups is 1. The minimum atomic E-state index is -4.58. The Kier molecular flexibility index (Phi) is 5.65. The van der Waals surface area contributed by atoms with Crippen molar-refractivity contribution in [3.05, 3.63) is 35.9 Å². The maximum absolute atomic E-state index is 14.4. The Balaban J connectivity index is 1.46. The van der Waals surface area contributed by atoms with Gasteiger partial charge in [0.05, 0.1) is 0 Å². The van der Waals surface area contributed by atoms with E-state index in [4.69, 9.17) is 4.74 Å². The van der Waals surface area contributed by atoms with Gasteiger partial charge in [-0.2, -0.15) is 23.4 Å². The van der Waals surface area contributed by atoms with Gasteiger partial charge in [0.15, 0.2) is 17.3 Å². The van der Waals surface area contributed by atoms with E-state index in [1.54, 1.807) is 19.9 Å². The van der Waals surface area contributed by atoms with Crippen LogP contribution in [0.1, 0.15) is 44.0 Å². The van der Waals surface area contributed by atoms with E-state index >= 15 is 0 Å². The van der Waals surface area contributed by atoms with Crippen molar-refractivity contribution in [1.82, 2.24) is 30.1 Å². The lowest BCUT2D eigenvalue weighted by molar-refractivity contribution is -0.141. The molecule has 1 saturated carbocycles. The van der Waals surface area contributed by atoms with Gasteiger partial charge in [-0.15, -0.1) is 0 Å². The second-order valence-corrected chi connectivity index (χ2v) is 7.89. The highest BCUT2D eigenvalue weighted by Crippen LogP contribution is 2.38. The summed E-state index contributed by atoms with van der Waals surface area (Å²) in [4.78, 5) is 15.8. The zero-order chi connectivity index (χ0) is 23.0. The first-order valence-corrected chi connectivity index (χ1v) is 9.95. The fourth-order valence-corrected chi connectivity index (χ4v) is 3.62. The van der Waals surface area contributed by atoms with Crippen LogP contribution in [-0.2, 0) is 10.9 Å². The molecule has 3 aromatic heterocycles. The van der Waals surface area contributed by atoms with Crippen LogP contribution in [0.2, 0.25) is 0 Å². The predicted molar refractivity (Wildman–Crippen MR) is 105 cm³/mol. The smallest absolute Gasteiger partial charge is 0.435 e. The summed E-state index contributed by atoms with van der Waals surface area (Å²) in [7, 11) is 0. The number of hydrogen-bond donors (Lipinski definition) is 3. The summed E-state index contributed by atoms with van der Waals surface area (Å²) in [6.45, 7) is 3.54. The van der Waals surface area contributed by atoms with E-state index in [1.165, 1.54) is 12.4 Å². The summed E-state index contributed by atoms with van der Waals surface area (Å²) >= 11 is 0. The van der Waals surface area contributed by atoms with Gasteiger partial charge in [0.1, 0.15) is 17.8 Å². The van der Waals surface area contributed by atoms with E-state index in [9.17, 15) is 22.4 Å². The normalized spacial score (nSPS) is 21.3. The van der Waals surface area contributed by atoms with Gasteiger partial charge in [0, 0.05) is 42.2 Å². The van der Waals surface area contributed by atoms with Crippen LogP contribution in [0.5, 0.6) is 0 Å². The van der Waals surface area contributed by atoms with Crippen molar-refractivity contribution < 1.29 is 27.1 Å². The van der Waals surface area contributed by atoms with Crippen molar-refractivity contribution in [2.75, 3.05) is 5.32 Å². The maximum atomic E-state index is 14.4. The van der Waals surface area contributed by atoms with E-state index in [-0.39, 0.29) is 36.1 Å². The number of fused-ring (bicyclic) bond motifs is 1. The largest absolute Gasteiger partial charge is 0.443 e. The third-order valence-corrected chi connectivity index (χ3v) is 5.06. The van der Waals surface area contributed by atoms with Gasteiger partial charge in [-0.1, -0.05) is 0 Å². The second-order valence-electron chi connectivity index (χ2n) is 7.89. The number of alkyl carbamates (subject to hydrolysis) is 1. The fraction of sp³-hybridized carbons (Fsp3) is 0.474. The molecule has 1 aliphatic carbocycles. The molecule has 3 aromatic rings. The maximum Gasteiger partial charge on any atom is 0.435 e. The number of hydrogen-bond acceptors (Lipinski definition) is 6. The van der Waals surface area contributed by atoms with Crippen LogP contribution in [0.3, 0.4) is 0 Å². The molecule has 3 heterocycles. The second kappa shape index (κ2) is 8.28. The molecule has 0 unspecified atom stereocenters. The van der Waals surface area contributed by atoms with Crippen molar-refractivity contribution >= 4 is 23.2 Å². The number of aromatic amines is 1. The molecule has 32 heavy (non-hydrogen) atoms. The van der Waals surface area contributed by atoms with Gasteiger partial charge in [-0.3, -0.25) is 5.10 Å². The molecule has 0 saturated heterocycles.